The maximum Gasteiger partial charge on any atom is 0.285 e. The molecule has 0 saturated heterocycles. The van der Waals surface area contributed by atoms with E-state index in [1.54, 1.807) is 14.0 Å². The number of hydrogen-bond acceptors (Lipinski definition) is 6. The summed E-state index contributed by atoms with van der Waals surface area (Å²) in [5, 5.41) is 10.8. The van der Waals surface area contributed by atoms with Crippen molar-refractivity contribution in [3.05, 3.63) is 49.8 Å². The van der Waals surface area contributed by atoms with Gasteiger partial charge in [0.15, 0.2) is 5.78 Å². The van der Waals surface area contributed by atoms with Crippen LogP contribution in [0, 0.1) is 17.0 Å². The molecule has 122 valence electrons. The number of aromatic nitrogens is 1. The number of nitro groups is 1. The number of nitrogens with zero attached hydrogens (tertiary/aromatic N) is 3. The molecule has 1 aromatic heterocycles. The van der Waals surface area contributed by atoms with Crippen molar-refractivity contribution < 1.29 is 18.1 Å². The van der Waals surface area contributed by atoms with E-state index in [-0.39, 0.29) is 21.2 Å². The molecule has 0 bridgehead atoms. The van der Waals surface area contributed by atoms with Crippen molar-refractivity contribution in [1.82, 2.24) is 4.57 Å². The lowest BCUT2D eigenvalue weighted by Gasteiger charge is -1.99. The lowest BCUT2D eigenvalue weighted by atomic mass is 10.3. The highest BCUT2D eigenvalue weighted by Crippen LogP contribution is 2.19. The lowest BCUT2D eigenvalue weighted by Crippen LogP contribution is -2.15. The van der Waals surface area contributed by atoms with E-state index in [2.05, 4.69) is 4.40 Å². The zero-order valence-corrected chi connectivity index (χ0v) is 14.1. The quantitative estimate of drug-likeness (QED) is 0.471. The van der Waals surface area contributed by atoms with Crippen LogP contribution in [0.3, 0.4) is 0 Å². The highest BCUT2D eigenvalue weighted by molar-refractivity contribution is 7.90. The zero-order valence-electron chi connectivity index (χ0n) is 12.5. The largest absolute Gasteiger partial charge is 0.323 e. The molecule has 23 heavy (non-hydrogen) atoms. The van der Waals surface area contributed by atoms with Gasteiger partial charge in [0.1, 0.15) is 0 Å². The van der Waals surface area contributed by atoms with Gasteiger partial charge in [0.25, 0.3) is 15.7 Å². The maximum absolute atomic E-state index is 12.3. The van der Waals surface area contributed by atoms with Crippen molar-refractivity contribution in [3.63, 3.8) is 0 Å². The Morgan fingerprint density at radius 2 is 2.04 bits per heavy atom. The van der Waals surface area contributed by atoms with Crippen LogP contribution >= 0.6 is 11.3 Å². The lowest BCUT2D eigenvalue weighted by molar-refractivity contribution is -0.385. The average molecular weight is 355 g/mol. The summed E-state index contributed by atoms with van der Waals surface area (Å²) >= 11 is 0.960. The van der Waals surface area contributed by atoms with Crippen LogP contribution in [0.4, 0.5) is 5.69 Å². The van der Waals surface area contributed by atoms with E-state index < -0.39 is 14.9 Å². The molecule has 1 heterocycles. The van der Waals surface area contributed by atoms with Crippen molar-refractivity contribution in [2.45, 2.75) is 18.7 Å². The van der Waals surface area contributed by atoms with Crippen molar-refractivity contribution in [2.75, 3.05) is 0 Å². The molecule has 0 aliphatic carbocycles. The van der Waals surface area contributed by atoms with E-state index in [1.807, 2.05) is 0 Å². The topological polar surface area (TPSA) is 112 Å². The van der Waals surface area contributed by atoms with Gasteiger partial charge in [-0.2, -0.15) is 8.42 Å². The van der Waals surface area contributed by atoms with Gasteiger partial charge in [0, 0.05) is 31.8 Å². The first-order chi connectivity index (χ1) is 10.6. The molecule has 0 saturated carbocycles. The van der Waals surface area contributed by atoms with Crippen LogP contribution in [0.1, 0.15) is 22.3 Å². The van der Waals surface area contributed by atoms with E-state index in [1.165, 1.54) is 29.7 Å². The molecule has 0 amide bonds. The van der Waals surface area contributed by atoms with Crippen LogP contribution in [0.25, 0.3) is 0 Å². The number of Topliss-reactive ketones (excluding diaryl/α,β-unsaturated/α-hetero) is 1. The van der Waals surface area contributed by atoms with Gasteiger partial charge in [0.05, 0.1) is 14.7 Å². The van der Waals surface area contributed by atoms with Gasteiger partial charge >= 0.3 is 0 Å². The summed E-state index contributed by atoms with van der Waals surface area (Å²) in [4.78, 5) is 21.9. The Kier molecular flexibility index (Phi) is 4.48. The molecule has 0 aliphatic rings. The van der Waals surface area contributed by atoms with Crippen molar-refractivity contribution in [1.29, 1.82) is 0 Å². The summed E-state index contributed by atoms with van der Waals surface area (Å²) in [6.45, 7) is 3.07. The van der Waals surface area contributed by atoms with E-state index in [0.717, 1.165) is 17.4 Å². The highest BCUT2D eigenvalue weighted by atomic mass is 32.2. The molecule has 10 heteroatoms. The number of rotatable bonds is 4. The number of ketones is 1. The van der Waals surface area contributed by atoms with E-state index in [0.29, 0.717) is 10.6 Å². The molecule has 0 aliphatic heterocycles. The number of nitro benzene ring substituents is 1. The standard InChI is InChI=1S/C13H13N3O5S2/c1-8-12(9(2)17)22-13(15(8)3)14-23(20,21)11-6-4-5-10(7-11)16(18)19/h4-7H,1-3H3/b14-13-. The zero-order chi connectivity index (χ0) is 17.4. The fourth-order valence-electron chi connectivity index (χ4n) is 1.85. The average Bonchev–Trinajstić information content (AvgIpc) is 2.75. The number of sulfonamides is 1. The molecule has 0 radical (unpaired) electrons. The third kappa shape index (κ3) is 3.37. The fraction of sp³-hybridized carbons (Fsp3) is 0.231. The van der Waals surface area contributed by atoms with Crippen LogP contribution in [-0.4, -0.2) is 23.7 Å². The number of non-ortho nitro benzene ring substituents is 1. The Morgan fingerprint density at radius 1 is 1.39 bits per heavy atom. The Balaban J connectivity index is 2.62. The second kappa shape index (κ2) is 6.05. The number of hydrogen-bond donors (Lipinski definition) is 0. The normalized spacial score (nSPS) is 12.4. The molecule has 0 unspecified atom stereocenters. The highest BCUT2D eigenvalue weighted by Gasteiger charge is 2.18. The monoisotopic (exact) mass is 355 g/mol. The molecule has 0 N–H and O–H groups in total. The van der Waals surface area contributed by atoms with Crippen molar-refractivity contribution >= 4 is 32.8 Å². The van der Waals surface area contributed by atoms with Crippen LogP contribution in [0.5, 0.6) is 0 Å². The Hall–Kier alpha value is -2.33. The van der Waals surface area contributed by atoms with Gasteiger partial charge in [0.2, 0.25) is 4.80 Å². The second-order valence-corrected chi connectivity index (χ2v) is 7.32. The van der Waals surface area contributed by atoms with Gasteiger partial charge in [-0.05, 0) is 13.0 Å². The SMILES string of the molecule is CC(=O)c1s/c(=N\S(=O)(=O)c2cccc([N+](=O)[O-])c2)n(C)c1C. The van der Waals surface area contributed by atoms with Crippen molar-refractivity contribution in [2.24, 2.45) is 11.4 Å². The first kappa shape index (κ1) is 17.0. The molecular formula is C13H13N3O5S2. The molecular weight excluding hydrogens is 342 g/mol. The fourth-order valence-corrected chi connectivity index (χ4v) is 4.13. The molecule has 1 aromatic carbocycles. The first-order valence-corrected chi connectivity index (χ1v) is 8.62. The Morgan fingerprint density at radius 3 is 2.57 bits per heavy atom. The minimum absolute atomic E-state index is 0.124. The van der Waals surface area contributed by atoms with E-state index >= 15 is 0 Å². The smallest absolute Gasteiger partial charge is 0.285 e. The predicted molar refractivity (Wildman–Crippen MR) is 83.9 cm³/mol. The van der Waals surface area contributed by atoms with Crippen molar-refractivity contribution in [3.8, 4) is 0 Å². The summed E-state index contributed by atoms with van der Waals surface area (Å²) < 4.78 is 29.9. The number of carbonyl (C=O) groups excluding carboxylic acids is 1. The third-order valence-electron chi connectivity index (χ3n) is 3.16. The predicted octanol–water partition coefficient (Wildman–Crippen LogP) is 1.80. The minimum Gasteiger partial charge on any atom is -0.323 e. The summed E-state index contributed by atoms with van der Waals surface area (Å²) in [5.74, 6) is -0.183. The van der Waals surface area contributed by atoms with E-state index in [9.17, 15) is 23.3 Å². The number of benzene rings is 1. The van der Waals surface area contributed by atoms with Crippen LogP contribution in [0.15, 0.2) is 33.6 Å². The summed E-state index contributed by atoms with van der Waals surface area (Å²) in [6, 6.07) is 4.66. The first-order valence-electron chi connectivity index (χ1n) is 6.36. The Bertz CT molecular complexity index is 970. The van der Waals surface area contributed by atoms with Gasteiger partial charge in [-0.15, -0.1) is 4.40 Å². The summed E-state index contributed by atoms with van der Waals surface area (Å²) in [7, 11) is -2.52. The maximum atomic E-state index is 12.3. The molecule has 8 nitrogen and oxygen atoms in total. The Labute approximate surface area is 135 Å². The van der Waals surface area contributed by atoms with E-state index in [4.69, 9.17) is 0 Å². The van der Waals surface area contributed by atoms with Gasteiger partial charge in [-0.25, -0.2) is 0 Å². The molecule has 0 fully saturated rings. The minimum atomic E-state index is -4.12. The molecule has 0 atom stereocenters. The third-order valence-corrected chi connectivity index (χ3v) is 5.87. The van der Waals surface area contributed by atoms with Crippen LogP contribution in [0.2, 0.25) is 0 Å². The number of carbonyl (C=O) groups is 1. The molecule has 2 aromatic rings. The summed E-state index contributed by atoms with van der Waals surface area (Å²) in [6.07, 6.45) is 0. The van der Waals surface area contributed by atoms with Gasteiger partial charge < -0.3 is 4.57 Å². The molecule has 0 spiro atoms. The van der Waals surface area contributed by atoms with Gasteiger partial charge in [-0.3, -0.25) is 14.9 Å². The van der Waals surface area contributed by atoms with Crippen LogP contribution < -0.4 is 4.80 Å². The second-order valence-electron chi connectivity index (χ2n) is 4.74. The number of thiazole rings is 1. The van der Waals surface area contributed by atoms with Gasteiger partial charge in [-0.1, -0.05) is 17.4 Å². The summed E-state index contributed by atoms with van der Waals surface area (Å²) in [5.41, 5.74) is 0.271. The van der Waals surface area contributed by atoms with Crippen LogP contribution in [-0.2, 0) is 17.1 Å². The molecule has 2 rings (SSSR count).